The molecule has 22 heavy (non-hydrogen) atoms. The van der Waals surface area contributed by atoms with Crippen molar-refractivity contribution in [3.63, 3.8) is 0 Å². The molecule has 1 aliphatic carbocycles. The van der Waals surface area contributed by atoms with Gasteiger partial charge in [0.05, 0.1) is 6.20 Å². The monoisotopic (exact) mass is 305 g/mol. The fourth-order valence-electron chi connectivity index (χ4n) is 2.20. The van der Waals surface area contributed by atoms with Crippen molar-refractivity contribution >= 4 is 0 Å². The van der Waals surface area contributed by atoms with E-state index in [9.17, 15) is 0 Å². The van der Waals surface area contributed by atoms with Crippen molar-refractivity contribution in [2.75, 3.05) is 0 Å². The lowest BCUT2D eigenvalue weighted by Crippen LogP contribution is -1.97. The SMILES string of the molecule is CCC.CCCCCCCCC1C=CC=CC1.c1c[nH]nn1. The quantitative estimate of drug-likeness (QED) is 0.619. The van der Waals surface area contributed by atoms with Crippen molar-refractivity contribution in [2.45, 2.75) is 78.6 Å². The number of aromatic nitrogens is 3. The molecule has 1 heterocycles. The van der Waals surface area contributed by atoms with Crippen molar-refractivity contribution in [2.24, 2.45) is 5.92 Å². The number of unbranched alkanes of at least 4 members (excludes halogenated alkanes) is 5. The molecule has 0 spiro atoms. The standard InChI is InChI=1S/C14H24.C3H8.C2H3N3/c1-2-3-4-5-6-8-11-14-12-9-7-10-13-14;1-3-2;1-2-4-5-3-1/h7,9-10,12,14H,2-6,8,11,13H2,1H3;3H2,1-2H3;1-2H,(H,3,4,5). The molecule has 3 nitrogen and oxygen atoms in total. The van der Waals surface area contributed by atoms with Crippen LogP contribution in [0.25, 0.3) is 0 Å². The van der Waals surface area contributed by atoms with Gasteiger partial charge in [-0.2, -0.15) is 0 Å². The van der Waals surface area contributed by atoms with E-state index in [2.05, 4.69) is 60.5 Å². The third-order valence-electron chi connectivity index (χ3n) is 3.33. The van der Waals surface area contributed by atoms with Crippen LogP contribution in [0.1, 0.15) is 78.6 Å². The highest BCUT2D eigenvalue weighted by molar-refractivity contribution is 5.10. The molecule has 1 aromatic heterocycles. The van der Waals surface area contributed by atoms with E-state index in [1.54, 1.807) is 12.4 Å². The van der Waals surface area contributed by atoms with Crippen LogP contribution in [0.5, 0.6) is 0 Å². The Bertz CT molecular complexity index is 324. The van der Waals surface area contributed by atoms with Gasteiger partial charge >= 0.3 is 0 Å². The first-order valence-electron chi connectivity index (χ1n) is 8.98. The van der Waals surface area contributed by atoms with Crippen molar-refractivity contribution in [3.8, 4) is 0 Å². The third-order valence-corrected chi connectivity index (χ3v) is 3.33. The summed E-state index contributed by atoms with van der Waals surface area (Å²) < 4.78 is 0. The molecule has 1 N–H and O–H groups in total. The lowest BCUT2D eigenvalue weighted by molar-refractivity contribution is 0.520. The van der Waals surface area contributed by atoms with Crippen LogP contribution in [0.2, 0.25) is 0 Å². The van der Waals surface area contributed by atoms with Crippen LogP contribution in [-0.4, -0.2) is 15.4 Å². The fourth-order valence-corrected chi connectivity index (χ4v) is 2.20. The van der Waals surface area contributed by atoms with E-state index in [0.717, 1.165) is 5.92 Å². The van der Waals surface area contributed by atoms with E-state index in [0.29, 0.717) is 0 Å². The number of hydrogen-bond acceptors (Lipinski definition) is 2. The molecule has 2 rings (SSSR count). The van der Waals surface area contributed by atoms with Crippen LogP contribution in [0.3, 0.4) is 0 Å². The van der Waals surface area contributed by atoms with Crippen LogP contribution < -0.4 is 0 Å². The summed E-state index contributed by atoms with van der Waals surface area (Å²) in [6.45, 7) is 6.53. The summed E-state index contributed by atoms with van der Waals surface area (Å²) in [5.74, 6) is 0.839. The van der Waals surface area contributed by atoms with Crippen LogP contribution in [0.15, 0.2) is 36.7 Å². The van der Waals surface area contributed by atoms with Gasteiger partial charge in [-0.05, 0) is 18.8 Å². The minimum atomic E-state index is 0.839. The maximum absolute atomic E-state index is 3.42. The second kappa shape index (κ2) is 17.7. The predicted molar refractivity (Wildman–Crippen MR) is 96.7 cm³/mol. The van der Waals surface area contributed by atoms with E-state index in [1.807, 2.05) is 0 Å². The second-order valence-corrected chi connectivity index (χ2v) is 5.73. The molecule has 0 aromatic carbocycles. The zero-order chi connectivity index (χ0) is 16.3. The lowest BCUT2D eigenvalue weighted by atomic mass is 9.94. The largest absolute Gasteiger partial charge is 0.266 e. The zero-order valence-electron chi connectivity index (χ0n) is 14.8. The Labute approximate surface area is 137 Å². The van der Waals surface area contributed by atoms with Gasteiger partial charge in [-0.25, -0.2) is 0 Å². The molecular weight excluding hydrogens is 270 g/mol. The minimum absolute atomic E-state index is 0.839. The van der Waals surface area contributed by atoms with Gasteiger partial charge in [-0.1, -0.05) is 95.2 Å². The molecule has 0 saturated heterocycles. The summed E-state index contributed by atoms with van der Waals surface area (Å²) in [6, 6.07) is 0. The Morgan fingerprint density at radius 3 is 2.23 bits per heavy atom. The molecule has 126 valence electrons. The van der Waals surface area contributed by atoms with Crippen LogP contribution in [0, 0.1) is 5.92 Å². The number of rotatable bonds is 7. The molecular formula is C19H35N3. The highest BCUT2D eigenvalue weighted by Gasteiger charge is 2.03. The normalized spacial score (nSPS) is 15.5. The zero-order valence-corrected chi connectivity index (χ0v) is 14.8. The molecule has 1 unspecified atom stereocenters. The van der Waals surface area contributed by atoms with Crippen molar-refractivity contribution < 1.29 is 0 Å². The number of nitrogens with zero attached hydrogens (tertiary/aromatic N) is 2. The van der Waals surface area contributed by atoms with Gasteiger partial charge in [0.2, 0.25) is 0 Å². The second-order valence-electron chi connectivity index (χ2n) is 5.73. The summed E-state index contributed by atoms with van der Waals surface area (Å²) in [5, 5.41) is 9.26. The molecule has 0 fully saturated rings. The summed E-state index contributed by atoms with van der Waals surface area (Å²) in [6.07, 6.45) is 24.7. The van der Waals surface area contributed by atoms with E-state index in [-0.39, 0.29) is 0 Å². The van der Waals surface area contributed by atoms with Crippen LogP contribution in [-0.2, 0) is 0 Å². The first-order valence-corrected chi connectivity index (χ1v) is 8.98. The number of nitrogens with one attached hydrogen (secondary N) is 1. The number of aromatic amines is 1. The van der Waals surface area contributed by atoms with Gasteiger partial charge < -0.3 is 0 Å². The van der Waals surface area contributed by atoms with E-state index >= 15 is 0 Å². The molecule has 0 bridgehead atoms. The maximum Gasteiger partial charge on any atom is 0.0690 e. The van der Waals surface area contributed by atoms with Gasteiger partial charge in [0.15, 0.2) is 0 Å². The molecule has 0 amide bonds. The lowest BCUT2D eigenvalue weighted by Gasteiger charge is -2.12. The van der Waals surface area contributed by atoms with Gasteiger partial charge in [-0.15, -0.1) is 5.10 Å². The third kappa shape index (κ3) is 15.0. The van der Waals surface area contributed by atoms with E-state index in [1.165, 1.54) is 57.8 Å². The average molecular weight is 306 g/mol. The number of allylic oxidation sites excluding steroid dienone is 4. The smallest absolute Gasteiger partial charge is 0.0690 e. The van der Waals surface area contributed by atoms with Crippen molar-refractivity contribution in [3.05, 3.63) is 36.7 Å². The first-order chi connectivity index (χ1) is 10.8. The maximum atomic E-state index is 3.42. The van der Waals surface area contributed by atoms with Crippen molar-refractivity contribution in [1.82, 2.24) is 15.4 Å². The molecule has 1 aliphatic rings. The van der Waals surface area contributed by atoms with Gasteiger partial charge in [0.1, 0.15) is 0 Å². The molecule has 1 atom stereocenters. The Hall–Kier alpha value is -1.38. The molecule has 0 saturated carbocycles. The molecule has 3 heteroatoms. The van der Waals surface area contributed by atoms with Crippen molar-refractivity contribution in [1.29, 1.82) is 0 Å². The highest BCUT2D eigenvalue weighted by Crippen LogP contribution is 2.19. The summed E-state index contributed by atoms with van der Waals surface area (Å²) in [4.78, 5) is 0. The topological polar surface area (TPSA) is 41.6 Å². The van der Waals surface area contributed by atoms with E-state index < -0.39 is 0 Å². The van der Waals surface area contributed by atoms with E-state index in [4.69, 9.17) is 0 Å². The molecule has 0 aliphatic heterocycles. The number of hydrogen-bond donors (Lipinski definition) is 1. The Kier molecular flexibility index (Phi) is 16.6. The van der Waals surface area contributed by atoms with Gasteiger partial charge in [0, 0.05) is 6.20 Å². The van der Waals surface area contributed by atoms with Gasteiger partial charge in [-0.3, -0.25) is 5.10 Å². The Balaban J connectivity index is 0.000000451. The Morgan fingerprint density at radius 2 is 1.73 bits per heavy atom. The van der Waals surface area contributed by atoms with Crippen LogP contribution in [0.4, 0.5) is 0 Å². The van der Waals surface area contributed by atoms with Crippen LogP contribution >= 0.6 is 0 Å². The Morgan fingerprint density at radius 1 is 1.00 bits per heavy atom. The fraction of sp³-hybridized carbons (Fsp3) is 0.684. The first kappa shape index (κ1) is 20.6. The van der Waals surface area contributed by atoms with Gasteiger partial charge in [0.25, 0.3) is 0 Å². The highest BCUT2D eigenvalue weighted by atomic mass is 15.3. The predicted octanol–water partition coefficient (Wildman–Crippen LogP) is 6.09. The average Bonchev–Trinajstić information content (AvgIpc) is 3.12. The minimum Gasteiger partial charge on any atom is -0.266 e. The molecule has 0 radical (unpaired) electrons. The number of H-pyrrole nitrogens is 1. The summed E-state index contributed by atoms with van der Waals surface area (Å²) in [5.41, 5.74) is 0. The summed E-state index contributed by atoms with van der Waals surface area (Å²) >= 11 is 0. The summed E-state index contributed by atoms with van der Waals surface area (Å²) in [7, 11) is 0. The molecule has 1 aromatic rings.